The minimum atomic E-state index is -3.50. The first-order valence-electron chi connectivity index (χ1n) is 5.02. The molecule has 0 atom stereocenters. The zero-order valence-corrected chi connectivity index (χ0v) is 10.2. The molecule has 16 heavy (non-hydrogen) atoms. The number of anilines is 2. The molecule has 0 amide bonds. The van der Waals surface area contributed by atoms with Crippen LogP contribution in [-0.4, -0.2) is 15.0 Å². The summed E-state index contributed by atoms with van der Waals surface area (Å²) in [5.74, 6) is 0.261. The molecule has 0 fully saturated rings. The van der Waals surface area contributed by atoms with Crippen molar-refractivity contribution in [2.75, 3.05) is 17.0 Å². The van der Waals surface area contributed by atoms with E-state index in [0.29, 0.717) is 17.9 Å². The van der Waals surface area contributed by atoms with Gasteiger partial charge in [-0.15, -0.1) is 0 Å². The van der Waals surface area contributed by atoms with E-state index in [1.54, 1.807) is 24.3 Å². The van der Waals surface area contributed by atoms with Gasteiger partial charge in [0, 0.05) is 12.2 Å². The SMILES string of the molecule is CC(C)CNS(=O)(=O)Nc1cccc(N)c1. The molecule has 90 valence electrons. The second kappa shape index (κ2) is 5.18. The van der Waals surface area contributed by atoms with Gasteiger partial charge < -0.3 is 5.73 Å². The maximum absolute atomic E-state index is 11.6. The fourth-order valence-electron chi connectivity index (χ4n) is 1.07. The average Bonchev–Trinajstić information content (AvgIpc) is 2.14. The van der Waals surface area contributed by atoms with Crippen LogP contribution in [0.4, 0.5) is 11.4 Å². The number of hydrogen-bond acceptors (Lipinski definition) is 3. The van der Waals surface area contributed by atoms with Crippen LogP contribution in [0.1, 0.15) is 13.8 Å². The smallest absolute Gasteiger partial charge is 0.299 e. The van der Waals surface area contributed by atoms with Gasteiger partial charge in [0.2, 0.25) is 0 Å². The standard InChI is InChI=1S/C10H17N3O2S/c1-8(2)7-12-16(14,15)13-10-5-3-4-9(11)6-10/h3-6,8,12-13H,7,11H2,1-2H3. The van der Waals surface area contributed by atoms with Crippen molar-refractivity contribution in [3.63, 3.8) is 0 Å². The highest BCUT2D eigenvalue weighted by Gasteiger charge is 2.09. The lowest BCUT2D eigenvalue weighted by Crippen LogP contribution is -2.32. The molecule has 5 nitrogen and oxygen atoms in total. The minimum absolute atomic E-state index is 0.261. The summed E-state index contributed by atoms with van der Waals surface area (Å²) >= 11 is 0. The van der Waals surface area contributed by atoms with E-state index in [2.05, 4.69) is 9.44 Å². The van der Waals surface area contributed by atoms with Crippen LogP contribution < -0.4 is 15.2 Å². The maximum Gasteiger partial charge on any atom is 0.299 e. The van der Waals surface area contributed by atoms with Gasteiger partial charge in [-0.3, -0.25) is 4.72 Å². The van der Waals surface area contributed by atoms with Gasteiger partial charge in [0.1, 0.15) is 0 Å². The van der Waals surface area contributed by atoms with E-state index < -0.39 is 10.2 Å². The molecule has 0 aliphatic heterocycles. The van der Waals surface area contributed by atoms with Crippen molar-refractivity contribution in [3.8, 4) is 0 Å². The predicted octanol–water partition coefficient (Wildman–Crippen LogP) is 1.17. The van der Waals surface area contributed by atoms with Gasteiger partial charge in [-0.25, -0.2) is 0 Å². The van der Waals surface area contributed by atoms with Crippen LogP contribution in [0, 0.1) is 5.92 Å². The summed E-state index contributed by atoms with van der Waals surface area (Å²) in [6, 6.07) is 6.59. The summed E-state index contributed by atoms with van der Waals surface area (Å²) in [6.07, 6.45) is 0. The summed E-state index contributed by atoms with van der Waals surface area (Å²) in [5.41, 5.74) is 6.52. The Bertz CT molecular complexity index is 443. The zero-order valence-electron chi connectivity index (χ0n) is 9.40. The number of benzene rings is 1. The Morgan fingerprint density at radius 2 is 2.06 bits per heavy atom. The minimum Gasteiger partial charge on any atom is -0.399 e. The Labute approximate surface area is 96.2 Å². The van der Waals surface area contributed by atoms with Crippen molar-refractivity contribution in [2.24, 2.45) is 5.92 Å². The summed E-state index contributed by atoms with van der Waals surface area (Å²) in [7, 11) is -3.50. The van der Waals surface area contributed by atoms with Crippen molar-refractivity contribution in [1.29, 1.82) is 0 Å². The highest BCUT2D eigenvalue weighted by molar-refractivity contribution is 7.90. The van der Waals surface area contributed by atoms with Crippen LogP contribution in [0.15, 0.2) is 24.3 Å². The molecule has 1 rings (SSSR count). The fraction of sp³-hybridized carbons (Fsp3) is 0.400. The van der Waals surface area contributed by atoms with Gasteiger partial charge in [0.25, 0.3) is 10.2 Å². The van der Waals surface area contributed by atoms with Gasteiger partial charge in [-0.05, 0) is 24.1 Å². The summed E-state index contributed by atoms with van der Waals surface area (Å²) in [6.45, 7) is 4.27. The van der Waals surface area contributed by atoms with Crippen molar-refractivity contribution in [3.05, 3.63) is 24.3 Å². The van der Waals surface area contributed by atoms with Crippen molar-refractivity contribution in [2.45, 2.75) is 13.8 Å². The number of nitrogens with one attached hydrogen (secondary N) is 2. The van der Waals surface area contributed by atoms with Crippen LogP contribution in [0.2, 0.25) is 0 Å². The Morgan fingerprint density at radius 1 is 1.38 bits per heavy atom. The molecule has 1 aromatic carbocycles. The molecule has 0 heterocycles. The van der Waals surface area contributed by atoms with E-state index in [0.717, 1.165) is 0 Å². The van der Waals surface area contributed by atoms with Crippen LogP contribution in [-0.2, 0) is 10.2 Å². The highest BCUT2D eigenvalue weighted by Crippen LogP contribution is 2.12. The Morgan fingerprint density at radius 3 is 2.62 bits per heavy atom. The molecule has 0 bridgehead atoms. The summed E-state index contributed by atoms with van der Waals surface area (Å²) < 4.78 is 27.9. The van der Waals surface area contributed by atoms with Crippen molar-refractivity contribution >= 4 is 21.6 Å². The molecule has 1 aromatic rings. The second-order valence-electron chi connectivity index (χ2n) is 3.97. The third-order valence-corrected chi connectivity index (χ3v) is 2.87. The number of rotatable bonds is 5. The van der Waals surface area contributed by atoms with E-state index in [4.69, 9.17) is 5.73 Å². The second-order valence-corrected chi connectivity index (χ2v) is 5.47. The monoisotopic (exact) mass is 243 g/mol. The molecular formula is C10H17N3O2S. The lowest BCUT2D eigenvalue weighted by Gasteiger charge is -2.11. The molecule has 0 aliphatic carbocycles. The summed E-state index contributed by atoms with van der Waals surface area (Å²) in [4.78, 5) is 0. The first kappa shape index (κ1) is 12.8. The molecule has 0 saturated carbocycles. The first-order chi connectivity index (χ1) is 7.39. The predicted molar refractivity (Wildman–Crippen MR) is 66.2 cm³/mol. The van der Waals surface area contributed by atoms with Gasteiger partial charge >= 0.3 is 0 Å². The molecule has 0 unspecified atom stereocenters. The third-order valence-electron chi connectivity index (χ3n) is 1.82. The Hall–Kier alpha value is -1.27. The van der Waals surface area contributed by atoms with Crippen molar-refractivity contribution < 1.29 is 8.42 Å². The maximum atomic E-state index is 11.6. The van der Waals surface area contributed by atoms with Gasteiger partial charge in [-0.1, -0.05) is 19.9 Å². The van der Waals surface area contributed by atoms with Crippen LogP contribution in [0.5, 0.6) is 0 Å². The normalized spacial score (nSPS) is 11.7. The first-order valence-corrected chi connectivity index (χ1v) is 6.50. The highest BCUT2D eigenvalue weighted by atomic mass is 32.2. The lowest BCUT2D eigenvalue weighted by molar-refractivity contribution is 0.565. The largest absolute Gasteiger partial charge is 0.399 e. The van der Waals surface area contributed by atoms with Crippen LogP contribution >= 0.6 is 0 Å². The number of hydrogen-bond donors (Lipinski definition) is 3. The van der Waals surface area contributed by atoms with E-state index in [1.165, 1.54) is 0 Å². The molecule has 0 radical (unpaired) electrons. The van der Waals surface area contributed by atoms with Gasteiger partial charge in [-0.2, -0.15) is 13.1 Å². The molecule has 0 aliphatic rings. The Balaban J connectivity index is 2.66. The van der Waals surface area contributed by atoms with Gasteiger partial charge in [0.05, 0.1) is 5.69 Å². The quantitative estimate of drug-likeness (QED) is 0.679. The average molecular weight is 243 g/mol. The molecule has 6 heteroatoms. The van der Waals surface area contributed by atoms with Crippen LogP contribution in [0.25, 0.3) is 0 Å². The number of nitrogen functional groups attached to an aromatic ring is 1. The lowest BCUT2D eigenvalue weighted by atomic mass is 10.2. The topological polar surface area (TPSA) is 84.2 Å². The molecule has 4 N–H and O–H groups in total. The van der Waals surface area contributed by atoms with Crippen LogP contribution in [0.3, 0.4) is 0 Å². The third kappa shape index (κ3) is 4.50. The molecule has 0 aromatic heterocycles. The number of nitrogens with two attached hydrogens (primary N) is 1. The van der Waals surface area contributed by atoms with E-state index in [-0.39, 0.29) is 5.92 Å². The van der Waals surface area contributed by atoms with E-state index in [9.17, 15) is 8.42 Å². The van der Waals surface area contributed by atoms with E-state index >= 15 is 0 Å². The van der Waals surface area contributed by atoms with E-state index in [1.807, 2.05) is 13.8 Å². The van der Waals surface area contributed by atoms with Crippen molar-refractivity contribution in [1.82, 2.24) is 4.72 Å². The zero-order chi connectivity index (χ0) is 12.2. The molecule has 0 saturated heterocycles. The molecular weight excluding hydrogens is 226 g/mol. The fourth-order valence-corrected chi connectivity index (χ4v) is 2.13. The molecule has 0 spiro atoms. The summed E-state index contributed by atoms with van der Waals surface area (Å²) in [5, 5.41) is 0. The van der Waals surface area contributed by atoms with Gasteiger partial charge in [0.15, 0.2) is 0 Å². The Kier molecular flexibility index (Phi) is 4.14.